The van der Waals surface area contributed by atoms with Crippen molar-refractivity contribution in [2.24, 2.45) is 0 Å². The van der Waals surface area contributed by atoms with Crippen molar-refractivity contribution in [1.29, 1.82) is 0 Å². The first-order valence-electron chi connectivity index (χ1n) is 2.92. The molecule has 0 aliphatic rings. The molecule has 0 aliphatic carbocycles. The summed E-state index contributed by atoms with van der Waals surface area (Å²) in [5, 5.41) is 0. The van der Waals surface area contributed by atoms with Gasteiger partial charge in [-0.25, -0.2) is 0 Å². The van der Waals surface area contributed by atoms with Crippen LogP contribution in [0.5, 0.6) is 0 Å². The third-order valence-corrected chi connectivity index (χ3v) is 0. The second kappa shape index (κ2) is 28.9. The molecule has 0 unspecified atom stereocenters. The van der Waals surface area contributed by atoms with Crippen molar-refractivity contribution < 1.29 is 201 Å². The molecule has 25 heteroatoms. The van der Waals surface area contributed by atoms with Crippen LogP contribution in [0.15, 0.2) is 0 Å². The van der Waals surface area contributed by atoms with E-state index in [2.05, 4.69) is 0 Å². The van der Waals surface area contributed by atoms with Crippen LogP contribution in [0, 0.1) is 0 Å². The standard InChI is InChI=1S/K.Li.Na.Nb.16O.4Sb.Zr/q3*+1;+5;;;;;12*-1;;;;;+4. The molecule has 0 atom stereocenters. The molecule has 0 N–H and O–H groups in total. The Labute approximate surface area is 273 Å². The van der Waals surface area contributed by atoms with Crippen LogP contribution in [0.25, 0.3) is 0 Å². The Bertz CT molecular complexity index is 309. The van der Waals surface area contributed by atoms with E-state index in [0.29, 0.717) is 0 Å². The summed E-state index contributed by atoms with van der Waals surface area (Å²) in [6.07, 6.45) is 0. The van der Waals surface area contributed by atoms with Crippen molar-refractivity contribution in [3.63, 3.8) is 0 Å². The Morgan fingerprint density at radius 3 is 0.440 bits per heavy atom. The maximum absolute atomic E-state index is 8.64. The van der Waals surface area contributed by atoms with Crippen LogP contribution in [0.4, 0.5) is 0 Å². The molecule has 0 radical (unpaired) electrons. The van der Waals surface area contributed by atoms with Gasteiger partial charge in [-0.3, -0.25) is 0 Å². The summed E-state index contributed by atoms with van der Waals surface area (Å²) < 4.78 is 138. The zero-order valence-electron chi connectivity index (χ0n) is 12.3. The molecule has 0 rings (SSSR count). The van der Waals surface area contributed by atoms with Gasteiger partial charge in [0.2, 0.25) is 0 Å². The average Bonchev–Trinajstić information content (AvgIpc) is 1.62. The first-order chi connectivity index (χ1) is 8.00. The third-order valence-electron chi connectivity index (χ3n) is 0. The molecule has 0 aromatic rings. The number of hydrogen-bond donors (Lipinski definition) is 0. The van der Waals surface area contributed by atoms with Crippen molar-refractivity contribution >= 4 is 80.2 Å². The van der Waals surface area contributed by atoms with Gasteiger partial charge >= 0.3 is 281 Å². The van der Waals surface area contributed by atoms with Crippen LogP contribution in [-0.4, -0.2) is 80.2 Å². The number of hydrogen-bond acceptors (Lipinski definition) is 16. The molecule has 0 saturated carbocycles. The predicted molar refractivity (Wildman–Crippen MR) is 25.8 cm³/mol. The molecule has 0 spiro atoms. The molecular formula is KLiNaNbO16Sb4Zr. The molecule has 0 bridgehead atoms. The fraction of sp³-hybridized carbons (Fsp3) is 0. The first-order valence-corrected chi connectivity index (χ1v) is 19.6. The fourth-order valence-electron chi connectivity index (χ4n) is 0. The van der Waals surface area contributed by atoms with E-state index >= 15 is 0 Å². The minimum Gasteiger partial charge on any atom is 4.00 e. The summed E-state index contributed by atoms with van der Waals surface area (Å²) in [7, 11) is 0. The van der Waals surface area contributed by atoms with Gasteiger partial charge in [-0.05, 0) is 0 Å². The Kier molecular flexibility index (Phi) is 67.1. The second-order valence-electron chi connectivity index (χ2n) is 1.79. The molecule has 0 aliphatic heterocycles. The van der Waals surface area contributed by atoms with E-state index in [1.165, 1.54) is 0 Å². The van der Waals surface area contributed by atoms with Gasteiger partial charge in [-0.2, -0.15) is 0 Å². The molecule has 0 amide bonds. The van der Waals surface area contributed by atoms with Gasteiger partial charge in [0.25, 0.3) is 0 Å². The SMILES string of the molecule is [K+].[Li+].[Na+].[Nb+5].[O]=[Sb]([O-])([O-])[O-].[O]=[Sb]([O-])([O-])[O-].[O]=[Sb]([O-])([O-])[O-].[O]=[Sb]([O-])([O-])[O-].[Zr+4]. The molecule has 16 nitrogen and oxygen atoms in total. The minimum absolute atomic E-state index is 0. The Morgan fingerprint density at radius 2 is 0.440 bits per heavy atom. The maximum atomic E-state index is 8.64. The molecule has 0 saturated heterocycles. The van der Waals surface area contributed by atoms with Crippen LogP contribution >= 0.6 is 0 Å². The molecule has 0 aromatic heterocycles. The Balaban J connectivity index is -0.0000000183. The monoisotopic (exact) mass is 991 g/mol. The van der Waals surface area contributed by atoms with E-state index in [-0.39, 0.29) is 148 Å². The first kappa shape index (κ1) is 58.1. The summed E-state index contributed by atoms with van der Waals surface area (Å²) in [4.78, 5) is 0. The van der Waals surface area contributed by atoms with Crippen molar-refractivity contribution in [2.45, 2.75) is 0 Å². The Hall–Kier alpha value is 6.85. The van der Waals surface area contributed by atoms with Crippen LogP contribution < -0.4 is 140 Å². The molecule has 0 aromatic carbocycles. The van der Waals surface area contributed by atoms with E-state index in [1.54, 1.807) is 0 Å². The van der Waals surface area contributed by atoms with Crippen LogP contribution in [-0.2, 0) is 60.7 Å². The van der Waals surface area contributed by atoms with Crippen molar-refractivity contribution in [3.8, 4) is 0 Å². The molecule has 25 heavy (non-hydrogen) atoms. The average molecular weight is 996 g/mol. The largest absolute Gasteiger partial charge is 4.00 e. The zero-order valence-corrected chi connectivity index (χ0v) is 32.3. The van der Waals surface area contributed by atoms with E-state index in [0.717, 1.165) is 0 Å². The topological polar surface area (TPSA) is 345 Å². The van der Waals surface area contributed by atoms with E-state index in [9.17, 15) is 0 Å². The normalized spacial score (nSPS) is 9.44. The third kappa shape index (κ3) is 547. The summed E-state index contributed by atoms with van der Waals surface area (Å²) in [6.45, 7) is 0. The predicted octanol–water partition coefficient (Wildman–Crippen LogP) is -25.3. The van der Waals surface area contributed by atoms with Crippen LogP contribution in [0.2, 0.25) is 0 Å². The molecule has 0 heterocycles. The van der Waals surface area contributed by atoms with Crippen LogP contribution in [0.1, 0.15) is 0 Å². The summed E-state index contributed by atoms with van der Waals surface area (Å²) in [5.74, 6) is 0. The summed E-state index contributed by atoms with van der Waals surface area (Å²) >= 11 is -24.4. The maximum Gasteiger partial charge on any atom is 4.00 e. The van der Waals surface area contributed by atoms with Gasteiger partial charge in [0.1, 0.15) is 0 Å². The van der Waals surface area contributed by atoms with Crippen LogP contribution in [0.3, 0.4) is 0 Å². The van der Waals surface area contributed by atoms with Gasteiger partial charge in [-0.1, -0.05) is 0 Å². The Morgan fingerprint density at radius 1 is 0.440 bits per heavy atom. The van der Waals surface area contributed by atoms with Crippen molar-refractivity contribution in [1.82, 2.24) is 0 Å². The van der Waals surface area contributed by atoms with Crippen molar-refractivity contribution in [3.05, 3.63) is 0 Å². The second-order valence-corrected chi connectivity index (χ2v) is 12.0. The van der Waals surface area contributed by atoms with Crippen molar-refractivity contribution in [2.75, 3.05) is 0 Å². The zero-order chi connectivity index (χ0) is 18.0. The summed E-state index contributed by atoms with van der Waals surface area (Å²) in [6, 6.07) is 0. The van der Waals surface area contributed by atoms with Gasteiger partial charge in [0.15, 0.2) is 0 Å². The van der Waals surface area contributed by atoms with Gasteiger partial charge in [0, 0.05) is 0 Å². The van der Waals surface area contributed by atoms with Gasteiger partial charge in [0.05, 0.1) is 0 Å². The smallest absolute Gasteiger partial charge is 4.00 e. The van der Waals surface area contributed by atoms with Gasteiger partial charge in [-0.15, -0.1) is 0 Å². The molecule has 128 valence electrons. The molecular weight excluding hydrogens is 996 g/mol. The van der Waals surface area contributed by atoms with Gasteiger partial charge < -0.3 is 0 Å². The molecule has 0 fully saturated rings. The fourth-order valence-corrected chi connectivity index (χ4v) is 0. The number of rotatable bonds is 0. The van der Waals surface area contributed by atoms with E-state index in [1.807, 2.05) is 0 Å². The quantitative estimate of drug-likeness (QED) is 0.203. The minimum atomic E-state index is -6.10. The van der Waals surface area contributed by atoms with E-state index in [4.69, 9.17) is 52.7 Å². The summed E-state index contributed by atoms with van der Waals surface area (Å²) in [5.41, 5.74) is 0. The van der Waals surface area contributed by atoms with E-state index < -0.39 is 80.2 Å².